The Hall–Kier alpha value is -2.42. The highest BCUT2D eigenvalue weighted by atomic mass is 32.2. The van der Waals surface area contributed by atoms with Crippen molar-refractivity contribution in [3.63, 3.8) is 0 Å². The number of carboxylic acids is 1. The lowest BCUT2D eigenvalue weighted by Gasteiger charge is -2.07. The van der Waals surface area contributed by atoms with Crippen molar-refractivity contribution in [1.29, 1.82) is 0 Å². The number of carboxylic acid groups (broad SMARTS) is 1. The van der Waals surface area contributed by atoms with Gasteiger partial charge in [-0.05, 0) is 24.3 Å². The van der Waals surface area contributed by atoms with Crippen LogP contribution in [0.15, 0.2) is 39.8 Å². The van der Waals surface area contributed by atoms with Crippen molar-refractivity contribution in [3.8, 4) is 0 Å². The molecule has 0 saturated heterocycles. The quantitative estimate of drug-likeness (QED) is 0.901. The minimum absolute atomic E-state index is 0.612. The number of hydrogen-bond acceptors (Lipinski definition) is 4. The molecule has 0 atom stereocenters. The van der Waals surface area contributed by atoms with Crippen LogP contribution in [-0.4, -0.2) is 19.5 Å². The predicted molar refractivity (Wildman–Crippen MR) is 62.8 cm³/mol. The fourth-order valence-electron chi connectivity index (χ4n) is 1.36. The molecule has 2 rings (SSSR count). The molecule has 0 aliphatic carbocycles. The average Bonchev–Trinajstić information content (AvgIpc) is 2.84. The van der Waals surface area contributed by atoms with E-state index < -0.39 is 44.2 Å². The van der Waals surface area contributed by atoms with Gasteiger partial charge in [0.15, 0.2) is 0 Å². The molecule has 9 heteroatoms. The highest BCUT2D eigenvalue weighted by molar-refractivity contribution is 7.92. The molecule has 0 spiro atoms. The molecular formula is C11H7F2NO5S. The fourth-order valence-corrected chi connectivity index (χ4v) is 2.37. The minimum atomic E-state index is -4.43. The average molecular weight is 303 g/mol. The lowest BCUT2D eigenvalue weighted by atomic mass is 10.3. The van der Waals surface area contributed by atoms with E-state index in [4.69, 9.17) is 5.11 Å². The summed E-state index contributed by atoms with van der Waals surface area (Å²) in [7, 11) is -4.43. The number of benzene rings is 1. The summed E-state index contributed by atoms with van der Waals surface area (Å²) >= 11 is 0. The molecular weight excluding hydrogens is 296 g/mol. The van der Waals surface area contributed by atoms with Gasteiger partial charge >= 0.3 is 5.97 Å². The predicted octanol–water partition coefficient (Wildman–Crippen LogP) is 2.06. The fraction of sp³-hybridized carbons (Fsp3) is 0. The van der Waals surface area contributed by atoms with Crippen molar-refractivity contribution in [1.82, 2.24) is 0 Å². The van der Waals surface area contributed by atoms with Crippen molar-refractivity contribution in [2.24, 2.45) is 0 Å². The zero-order valence-corrected chi connectivity index (χ0v) is 10.4. The van der Waals surface area contributed by atoms with E-state index in [2.05, 4.69) is 4.42 Å². The second-order valence-corrected chi connectivity index (χ2v) is 5.24. The maximum Gasteiger partial charge on any atom is 0.371 e. The molecule has 0 bridgehead atoms. The number of furan rings is 1. The summed E-state index contributed by atoms with van der Waals surface area (Å²) in [6.07, 6.45) is 0. The molecule has 0 amide bonds. The van der Waals surface area contributed by atoms with Gasteiger partial charge in [0, 0.05) is 0 Å². The molecule has 0 saturated carbocycles. The first-order valence-electron chi connectivity index (χ1n) is 5.11. The molecule has 1 aromatic heterocycles. The van der Waals surface area contributed by atoms with E-state index in [0.717, 1.165) is 30.3 Å². The molecule has 1 heterocycles. The van der Waals surface area contributed by atoms with Gasteiger partial charge in [0.2, 0.25) is 10.9 Å². The number of carbonyl (C=O) groups is 1. The van der Waals surface area contributed by atoms with Gasteiger partial charge < -0.3 is 9.52 Å². The van der Waals surface area contributed by atoms with Crippen LogP contribution in [0.5, 0.6) is 0 Å². The van der Waals surface area contributed by atoms with Crippen LogP contribution in [0.1, 0.15) is 10.6 Å². The number of aromatic carboxylic acids is 1. The third-order valence-corrected chi connectivity index (χ3v) is 3.48. The van der Waals surface area contributed by atoms with Crippen LogP contribution in [0.4, 0.5) is 14.5 Å². The third-order valence-electron chi connectivity index (χ3n) is 2.26. The van der Waals surface area contributed by atoms with Crippen LogP contribution >= 0.6 is 0 Å². The minimum Gasteiger partial charge on any atom is -0.475 e. The first-order chi connectivity index (χ1) is 9.31. The van der Waals surface area contributed by atoms with Crippen LogP contribution in [0.25, 0.3) is 0 Å². The molecule has 6 nitrogen and oxygen atoms in total. The van der Waals surface area contributed by atoms with E-state index in [9.17, 15) is 22.0 Å². The largest absolute Gasteiger partial charge is 0.475 e. The van der Waals surface area contributed by atoms with E-state index in [0.29, 0.717) is 0 Å². The Labute approximate surface area is 111 Å². The second kappa shape index (κ2) is 4.93. The van der Waals surface area contributed by atoms with Crippen LogP contribution in [0, 0.1) is 11.6 Å². The number of anilines is 1. The van der Waals surface area contributed by atoms with E-state index >= 15 is 0 Å². The van der Waals surface area contributed by atoms with Crippen molar-refractivity contribution in [2.75, 3.05) is 4.72 Å². The lowest BCUT2D eigenvalue weighted by Crippen LogP contribution is -2.14. The van der Waals surface area contributed by atoms with Gasteiger partial charge in [0.25, 0.3) is 10.0 Å². The van der Waals surface area contributed by atoms with Crippen molar-refractivity contribution < 1.29 is 31.5 Å². The zero-order valence-electron chi connectivity index (χ0n) is 9.63. The molecule has 0 aliphatic rings. The number of hydrogen-bond donors (Lipinski definition) is 2. The topological polar surface area (TPSA) is 96.6 Å². The highest BCUT2D eigenvalue weighted by Crippen LogP contribution is 2.23. The molecule has 0 fully saturated rings. The summed E-state index contributed by atoms with van der Waals surface area (Å²) in [6, 6.07) is 4.58. The summed E-state index contributed by atoms with van der Waals surface area (Å²) in [5.74, 6) is -4.31. The van der Waals surface area contributed by atoms with Gasteiger partial charge in [-0.25, -0.2) is 13.6 Å². The maximum absolute atomic E-state index is 13.3. The number of sulfonamides is 1. The van der Waals surface area contributed by atoms with Crippen molar-refractivity contribution in [3.05, 3.63) is 47.7 Å². The Morgan fingerprint density at radius 1 is 1.15 bits per heavy atom. The third kappa shape index (κ3) is 2.62. The van der Waals surface area contributed by atoms with E-state index in [-0.39, 0.29) is 0 Å². The Kier molecular flexibility index (Phi) is 3.45. The molecule has 0 aliphatic heterocycles. The summed E-state index contributed by atoms with van der Waals surface area (Å²) in [5, 5.41) is 7.85. The highest BCUT2D eigenvalue weighted by Gasteiger charge is 2.23. The first-order valence-corrected chi connectivity index (χ1v) is 6.59. The van der Waals surface area contributed by atoms with Crippen LogP contribution in [0.3, 0.4) is 0 Å². The second-order valence-electron chi connectivity index (χ2n) is 3.63. The molecule has 20 heavy (non-hydrogen) atoms. The van der Waals surface area contributed by atoms with Gasteiger partial charge in [-0.2, -0.15) is 8.42 Å². The van der Waals surface area contributed by atoms with Crippen LogP contribution in [0.2, 0.25) is 0 Å². The van der Waals surface area contributed by atoms with Crippen LogP contribution < -0.4 is 4.72 Å². The SMILES string of the molecule is O=C(O)c1ccc(S(=O)(=O)Nc2c(F)cccc2F)o1. The summed E-state index contributed by atoms with van der Waals surface area (Å²) in [6.45, 7) is 0. The maximum atomic E-state index is 13.3. The molecule has 0 radical (unpaired) electrons. The summed E-state index contributed by atoms with van der Waals surface area (Å²) in [5.41, 5.74) is -0.874. The Balaban J connectivity index is 2.38. The number of nitrogens with one attached hydrogen (secondary N) is 1. The molecule has 106 valence electrons. The van der Waals surface area contributed by atoms with Gasteiger partial charge in [0.1, 0.15) is 17.3 Å². The van der Waals surface area contributed by atoms with E-state index in [1.807, 2.05) is 0 Å². The lowest BCUT2D eigenvalue weighted by molar-refractivity contribution is 0.0656. The first kappa shape index (κ1) is 14.0. The van der Waals surface area contributed by atoms with E-state index in [1.165, 1.54) is 0 Å². The number of rotatable bonds is 4. The van der Waals surface area contributed by atoms with Gasteiger partial charge in [0.05, 0.1) is 0 Å². The summed E-state index contributed by atoms with van der Waals surface area (Å²) in [4.78, 5) is 10.6. The van der Waals surface area contributed by atoms with Gasteiger partial charge in [-0.1, -0.05) is 6.07 Å². The summed E-state index contributed by atoms with van der Waals surface area (Å²) < 4.78 is 56.5. The smallest absolute Gasteiger partial charge is 0.371 e. The molecule has 2 N–H and O–H groups in total. The van der Waals surface area contributed by atoms with Crippen molar-refractivity contribution >= 4 is 21.7 Å². The zero-order chi connectivity index (χ0) is 14.9. The van der Waals surface area contributed by atoms with Gasteiger partial charge in [-0.15, -0.1) is 0 Å². The molecule has 1 aromatic carbocycles. The number of para-hydroxylation sites is 1. The van der Waals surface area contributed by atoms with E-state index in [1.54, 1.807) is 4.72 Å². The van der Waals surface area contributed by atoms with Crippen LogP contribution in [-0.2, 0) is 10.0 Å². The molecule has 2 aromatic rings. The van der Waals surface area contributed by atoms with Gasteiger partial charge in [-0.3, -0.25) is 4.72 Å². The van der Waals surface area contributed by atoms with Crippen molar-refractivity contribution in [2.45, 2.75) is 5.09 Å². The Morgan fingerprint density at radius 2 is 1.75 bits per heavy atom. The number of halogens is 2. The Morgan fingerprint density at radius 3 is 2.25 bits per heavy atom. The molecule has 0 unspecified atom stereocenters. The monoisotopic (exact) mass is 303 g/mol. The Bertz CT molecular complexity index is 749. The normalized spacial score (nSPS) is 11.3. The standard InChI is InChI=1S/C11H7F2NO5S/c12-6-2-1-3-7(13)10(6)14-20(17,18)9-5-4-8(19-9)11(15)16/h1-5,14H,(H,15,16).